The van der Waals surface area contributed by atoms with E-state index in [4.69, 9.17) is 9.47 Å². The number of rotatable bonds is 4. The Morgan fingerprint density at radius 3 is 2.13 bits per heavy atom. The highest BCUT2D eigenvalue weighted by atomic mass is 127. The van der Waals surface area contributed by atoms with Crippen molar-refractivity contribution in [3.8, 4) is 17.2 Å². The molecule has 1 aromatic carbocycles. The molecule has 84 valence electrons. The fourth-order valence-corrected chi connectivity index (χ4v) is 1.83. The molecule has 6 heteroatoms. The van der Waals surface area contributed by atoms with Gasteiger partial charge in [0.1, 0.15) is 9.32 Å². The van der Waals surface area contributed by atoms with Crippen LogP contribution in [0.25, 0.3) is 0 Å². The lowest BCUT2D eigenvalue weighted by Gasteiger charge is -2.13. The summed E-state index contributed by atoms with van der Waals surface area (Å²) < 4.78 is 39.0. The predicted molar refractivity (Wildman–Crippen MR) is 58.9 cm³/mol. The first-order valence-electron chi connectivity index (χ1n) is 3.95. The van der Waals surface area contributed by atoms with Crippen molar-refractivity contribution >= 4 is 22.6 Å². The molecule has 0 heterocycles. The first-order chi connectivity index (χ1) is 7.10. The zero-order valence-corrected chi connectivity index (χ0v) is 10.2. The van der Waals surface area contributed by atoms with E-state index in [1.54, 1.807) is 6.07 Å². The van der Waals surface area contributed by atoms with Crippen molar-refractivity contribution < 1.29 is 23.0 Å². The van der Waals surface area contributed by atoms with Crippen LogP contribution in [0.4, 0.5) is 8.78 Å². The highest BCUT2D eigenvalue weighted by Crippen LogP contribution is 2.39. The van der Waals surface area contributed by atoms with Crippen LogP contribution in [0.3, 0.4) is 0 Å². The van der Waals surface area contributed by atoms with E-state index in [-0.39, 0.29) is 11.5 Å². The topological polar surface area (TPSA) is 27.7 Å². The lowest BCUT2D eigenvalue weighted by Crippen LogP contribution is -2.05. The quantitative estimate of drug-likeness (QED) is 0.795. The maximum atomic E-state index is 12.1. The number of hydrogen-bond donors (Lipinski definition) is 0. The lowest BCUT2D eigenvalue weighted by atomic mass is 10.3. The van der Waals surface area contributed by atoms with Gasteiger partial charge >= 0.3 is 6.61 Å². The van der Waals surface area contributed by atoms with Gasteiger partial charge in [0.05, 0.1) is 14.2 Å². The van der Waals surface area contributed by atoms with Crippen molar-refractivity contribution in [3.63, 3.8) is 0 Å². The van der Waals surface area contributed by atoms with Gasteiger partial charge < -0.3 is 14.2 Å². The summed E-state index contributed by atoms with van der Waals surface area (Å²) in [5, 5.41) is 0. The Hall–Kier alpha value is -0.790. The van der Waals surface area contributed by atoms with Gasteiger partial charge in [-0.05, 0) is 34.7 Å². The third kappa shape index (κ3) is 2.83. The smallest absolute Gasteiger partial charge is 0.387 e. The fourth-order valence-electron chi connectivity index (χ4n) is 1.04. The van der Waals surface area contributed by atoms with Crippen LogP contribution < -0.4 is 14.2 Å². The highest BCUT2D eigenvalue weighted by Gasteiger charge is 2.17. The Kier molecular flexibility index (Phi) is 4.37. The molecule has 1 aromatic rings. The molecule has 0 atom stereocenters. The first-order valence-corrected chi connectivity index (χ1v) is 5.03. The van der Waals surface area contributed by atoms with Gasteiger partial charge in [-0.25, -0.2) is 0 Å². The van der Waals surface area contributed by atoms with Gasteiger partial charge in [0.25, 0.3) is 0 Å². The second-order valence-corrected chi connectivity index (χ2v) is 3.57. The molecule has 0 saturated heterocycles. The number of benzene rings is 1. The molecule has 0 aliphatic carbocycles. The van der Waals surface area contributed by atoms with E-state index in [9.17, 15) is 8.78 Å². The molecular weight excluding hydrogens is 321 g/mol. The normalized spacial score (nSPS) is 10.3. The monoisotopic (exact) mass is 330 g/mol. The van der Waals surface area contributed by atoms with Crippen LogP contribution in [-0.2, 0) is 0 Å². The van der Waals surface area contributed by atoms with Crippen LogP contribution in [0.2, 0.25) is 0 Å². The maximum absolute atomic E-state index is 12.1. The largest absolute Gasteiger partial charge is 0.496 e. The molecule has 0 aromatic heterocycles. The van der Waals surface area contributed by atoms with Gasteiger partial charge in [-0.15, -0.1) is 0 Å². The molecule has 0 N–H and O–H groups in total. The molecule has 0 saturated carbocycles. The summed E-state index contributed by atoms with van der Waals surface area (Å²) in [6, 6.07) is 3.14. The molecule has 0 spiro atoms. The van der Waals surface area contributed by atoms with Crippen molar-refractivity contribution in [2.45, 2.75) is 6.61 Å². The zero-order chi connectivity index (χ0) is 11.4. The molecule has 15 heavy (non-hydrogen) atoms. The lowest BCUT2D eigenvalue weighted by molar-refractivity contribution is -0.0519. The molecular formula is C9H9F2IO3. The Bertz CT molecular complexity index is 344. The zero-order valence-electron chi connectivity index (χ0n) is 8.09. The minimum Gasteiger partial charge on any atom is -0.496 e. The number of hydrogen-bond acceptors (Lipinski definition) is 3. The van der Waals surface area contributed by atoms with E-state index in [1.165, 1.54) is 20.3 Å². The summed E-state index contributed by atoms with van der Waals surface area (Å²) in [4.78, 5) is 0. The second-order valence-electron chi connectivity index (χ2n) is 2.49. The second kappa shape index (κ2) is 5.34. The molecule has 1 rings (SSSR count). The molecule has 3 nitrogen and oxygen atoms in total. The van der Waals surface area contributed by atoms with Crippen molar-refractivity contribution in [2.75, 3.05) is 14.2 Å². The number of methoxy groups -OCH3 is 2. The van der Waals surface area contributed by atoms with Crippen molar-refractivity contribution in [1.82, 2.24) is 0 Å². The minimum absolute atomic E-state index is 0.00699. The average Bonchev–Trinajstić information content (AvgIpc) is 2.20. The number of alkyl halides is 2. The summed E-state index contributed by atoms with van der Waals surface area (Å²) in [5.41, 5.74) is 0. The van der Waals surface area contributed by atoms with Gasteiger partial charge in [-0.2, -0.15) is 8.78 Å². The Morgan fingerprint density at radius 2 is 1.67 bits per heavy atom. The van der Waals surface area contributed by atoms with Crippen molar-refractivity contribution in [3.05, 3.63) is 15.7 Å². The fraction of sp³-hybridized carbons (Fsp3) is 0.333. The molecule has 0 bridgehead atoms. The summed E-state index contributed by atoms with van der Waals surface area (Å²) in [5.74, 6) is 0.708. The first kappa shape index (κ1) is 12.3. The van der Waals surface area contributed by atoms with Crippen LogP contribution in [0, 0.1) is 3.57 Å². The number of halogens is 3. The maximum Gasteiger partial charge on any atom is 0.387 e. The van der Waals surface area contributed by atoms with E-state index in [2.05, 4.69) is 4.74 Å². The van der Waals surface area contributed by atoms with Crippen LogP contribution in [0.1, 0.15) is 0 Å². The average molecular weight is 330 g/mol. The van der Waals surface area contributed by atoms with E-state index in [0.29, 0.717) is 9.32 Å². The van der Waals surface area contributed by atoms with Crippen molar-refractivity contribution in [1.29, 1.82) is 0 Å². The Balaban J connectivity index is 3.16. The van der Waals surface area contributed by atoms with Gasteiger partial charge in [0.2, 0.25) is 0 Å². The Morgan fingerprint density at radius 1 is 1.13 bits per heavy atom. The third-order valence-electron chi connectivity index (χ3n) is 1.67. The van der Waals surface area contributed by atoms with E-state index in [1.807, 2.05) is 22.6 Å². The summed E-state index contributed by atoms with van der Waals surface area (Å²) in [7, 11) is 2.84. The molecule has 0 fully saturated rings. The van der Waals surface area contributed by atoms with Crippen LogP contribution in [0.5, 0.6) is 17.2 Å². The predicted octanol–water partition coefficient (Wildman–Crippen LogP) is 2.91. The van der Waals surface area contributed by atoms with Gasteiger partial charge in [-0.3, -0.25) is 0 Å². The molecule has 0 aliphatic rings. The highest BCUT2D eigenvalue weighted by molar-refractivity contribution is 14.1. The van der Waals surface area contributed by atoms with Gasteiger partial charge in [-0.1, -0.05) is 0 Å². The SMILES string of the molecule is COc1ccc(OC)c(OC(F)F)c1I. The van der Waals surface area contributed by atoms with Crippen LogP contribution >= 0.6 is 22.6 Å². The standard InChI is InChI=1S/C9H9F2IO3/c1-13-5-3-4-6(14-2)8(7(5)12)15-9(10)11/h3-4,9H,1-2H3. The van der Waals surface area contributed by atoms with E-state index < -0.39 is 6.61 Å². The van der Waals surface area contributed by atoms with Gasteiger partial charge in [0.15, 0.2) is 11.5 Å². The van der Waals surface area contributed by atoms with Gasteiger partial charge in [0, 0.05) is 0 Å². The molecule has 0 amide bonds. The third-order valence-corrected chi connectivity index (χ3v) is 2.69. The summed E-state index contributed by atoms with van der Waals surface area (Å²) in [6.45, 7) is -2.89. The van der Waals surface area contributed by atoms with E-state index in [0.717, 1.165) is 0 Å². The summed E-state index contributed by atoms with van der Waals surface area (Å²) in [6.07, 6.45) is 0. The Labute approximate surface area is 99.5 Å². The van der Waals surface area contributed by atoms with Crippen LogP contribution in [-0.4, -0.2) is 20.8 Å². The molecule has 0 radical (unpaired) electrons. The summed E-state index contributed by atoms with van der Waals surface area (Å²) >= 11 is 1.86. The van der Waals surface area contributed by atoms with E-state index >= 15 is 0 Å². The minimum atomic E-state index is -2.89. The molecule has 0 aliphatic heterocycles. The number of ether oxygens (including phenoxy) is 3. The van der Waals surface area contributed by atoms with Crippen LogP contribution in [0.15, 0.2) is 12.1 Å². The van der Waals surface area contributed by atoms with Crippen molar-refractivity contribution in [2.24, 2.45) is 0 Å². The molecule has 0 unspecified atom stereocenters.